The van der Waals surface area contributed by atoms with Crippen LogP contribution in [0, 0.1) is 13.8 Å². The molecule has 2 aromatic carbocycles. The standard InChI is InChI=1S/C16H20N2O/c1-4-19-16-9-13(10(2)8-15(16)18)12-5-6-14(17)11(3)7-12/h5-9H,4,17-18H2,1-3H3. The third-order valence-electron chi connectivity index (χ3n) is 3.24. The highest BCUT2D eigenvalue weighted by Gasteiger charge is 2.09. The van der Waals surface area contributed by atoms with E-state index in [0.29, 0.717) is 12.3 Å². The molecule has 0 aromatic heterocycles. The summed E-state index contributed by atoms with van der Waals surface area (Å²) >= 11 is 0. The van der Waals surface area contributed by atoms with Crippen molar-refractivity contribution in [1.29, 1.82) is 0 Å². The Morgan fingerprint density at radius 3 is 2.32 bits per heavy atom. The smallest absolute Gasteiger partial charge is 0.142 e. The third-order valence-corrected chi connectivity index (χ3v) is 3.24. The Hall–Kier alpha value is -2.16. The van der Waals surface area contributed by atoms with Crippen LogP contribution in [0.1, 0.15) is 18.1 Å². The molecule has 2 rings (SSSR count). The van der Waals surface area contributed by atoms with Gasteiger partial charge in [0.25, 0.3) is 0 Å². The van der Waals surface area contributed by atoms with E-state index in [0.717, 1.165) is 33.7 Å². The van der Waals surface area contributed by atoms with Crippen molar-refractivity contribution in [1.82, 2.24) is 0 Å². The number of nitrogen functional groups attached to an aromatic ring is 2. The van der Waals surface area contributed by atoms with Crippen molar-refractivity contribution >= 4 is 11.4 Å². The lowest BCUT2D eigenvalue weighted by molar-refractivity contribution is 0.342. The van der Waals surface area contributed by atoms with Crippen LogP contribution in [0.2, 0.25) is 0 Å². The van der Waals surface area contributed by atoms with Crippen LogP contribution < -0.4 is 16.2 Å². The summed E-state index contributed by atoms with van der Waals surface area (Å²) in [7, 11) is 0. The molecule has 4 N–H and O–H groups in total. The lowest BCUT2D eigenvalue weighted by Gasteiger charge is -2.13. The second-order valence-electron chi connectivity index (χ2n) is 4.71. The van der Waals surface area contributed by atoms with E-state index in [4.69, 9.17) is 16.2 Å². The van der Waals surface area contributed by atoms with Gasteiger partial charge in [-0.05, 0) is 67.3 Å². The fourth-order valence-electron chi connectivity index (χ4n) is 2.15. The first-order valence-electron chi connectivity index (χ1n) is 6.42. The topological polar surface area (TPSA) is 61.3 Å². The summed E-state index contributed by atoms with van der Waals surface area (Å²) in [5.41, 5.74) is 17.8. The lowest BCUT2D eigenvalue weighted by atomic mass is 9.97. The molecule has 0 unspecified atom stereocenters. The highest BCUT2D eigenvalue weighted by Crippen LogP contribution is 2.33. The van der Waals surface area contributed by atoms with Crippen molar-refractivity contribution in [2.45, 2.75) is 20.8 Å². The first kappa shape index (κ1) is 13.3. The van der Waals surface area contributed by atoms with E-state index < -0.39 is 0 Å². The Labute approximate surface area is 114 Å². The van der Waals surface area contributed by atoms with Crippen LogP contribution in [0.3, 0.4) is 0 Å². The van der Waals surface area contributed by atoms with Crippen LogP contribution in [0.15, 0.2) is 30.3 Å². The van der Waals surface area contributed by atoms with Gasteiger partial charge in [-0.3, -0.25) is 0 Å². The molecule has 3 nitrogen and oxygen atoms in total. The van der Waals surface area contributed by atoms with Gasteiger partial charge in [-0.1, -0.05) is 6.07 Å². The quantitative estimate of drug-likeness (QED) is 0.826. The van der Waals surface area contributed by atoms with Crippen LogP contribution in [0.4, 0.5) is 11.4 Å². The van der Waals surface area contributed by atoms with Gasteiger partial charge in [0.1, 0.15) is 5.75 Å². The average molecular weight is 256 g/mol. The Morgan fingerprint density at radius 2 is 1.68 bits per heavy atom. The normalized spacial score (nSPS) is 10.5. The maximum atomic E-state index is 5.96. The summed E-state index contributed by atoms with van der Waals surface area (Å²) in [6, 6.07) is 9.99. The highest BCUT2D eigenvalue weighted by molar-refractivity contribution is 5.75. The minimum Gasteiger partial charge on any atom is -0.492 e. The summed E-state index contributed by atoms with van der Waals surface area (Å²) in [6.07, 6.45) is 0. The van der Waals surface area contributed by atoms with Gasteiger partial charge in [-0.15, -0.1) is 0 Å². The van der Waals surface area contributed by atoms with Gasteiger partial charge >= 0.3 is 0 Å². The van der Waals surface area contributed by atoms with E-state index in [1.165, 1.54) is 0 Å². The molecule has 100 valence electrons. The molecule has 0 saturated carbocycles. The van der Waals surface area contributed by atoms with Gasteiger partial charge in [0.2, 0.25) is 0 Å². The zero-order valence-corrected chi connectivity index (χ0v) is 11.7. The van der Waals surface area contributed by atoms with Gasteiger partial charge in [0, 0.05) is 5.69 Å². The molecular weight excluding hydrogens is 236 g/mol. The molecule has 0 aliphatic heterocycles. The van der Waals surface area contributed by atoms with Crippen LogP contribution in [0.25, 0.3) is 11.1 Å². The van der Waals surface area contributed by atoms with Crippen molar-refractivity contribution in [2.75, 3.05) is 18.1 Å². The summed E-state index contributed by atoms with van der Waals surface area (Å²) in [5, 5.41) is 0. The molecule has 0 fully saturated rings. The van der Waals surface area contributed by atoms with Gasteiger partial charge in [-0.25, -0.2) is 0 Å². The van der Waals surface area contributed by atoms with Crippen molar-refractivity contribution in [2.24, 2.45) is 0 Å². The van der Waals surface area contributed by atoms with Gasteiger partial charge in [0.15, 0.2) is 0 Å². The maximum absolute atomic E-state index is 5.96. The number of nitrogens with two attached hydrogens (primary N) is 2. The summed E-state index contributed by atoms with van der Waals surface area (Å²) in [5.74, 6) is 0.734. The third kappa shape index (κ3) is 2.65. The van der Waals surface area contributed by atoms with Crippen molar-refractivity contribution in [3.05, 3.63) is 41.5 Å². The molecule has 2 aromatic rings. The monoisotopic (exact) mass is 256 g/mol. The lowest BCUT2D eigenvalue weighted by Crippen LogP contribution is -1.99. The maximum Gasteiger partial charge on any atom is 0.142 e. The van der Waals surface area contributed by atoms with Crippen LogP contribution in [0.5, 0.6) is 5.75 Å². The van der Waals surface area contributed by atoms with Crippen LogP contribution in [-0.2, 0) is 0 Å². The SMILES string of the molecule is CCOc1cc(-c2ccc(N)c(C)c2)c(C)cc1N. The van der Waals surface area contributed by atoms with E-state index in [-0.39, 0.29) is 0 Å². The van der Waals surface area contributed by atoms with Gasteiger partial charge in [0.05, 0.1) is 12.3 Å². The molecule has 0 spiro atoms. The number of anilines is 2. The molecular formula is C16H20N2O. The fourth-order valence-corrected chi connectivity index (χ4v) is 2.15. The predicted molar refractivity (Wildman–Crippen MR) is 81.3 cm³/mol. The largest absolute Gasteiger partial charge is 0.492 e. The van der Waals surface area contributed by atoms with Crippen LogP contribution in [-0.4, -0.2) is 6.61 Å². The van der Waals surface area contributed by atoms with Gasteiger partial charge < -0.3 is 16.2 Å². The Kier molecular flexibility index (Phi) is 3.65. The molecule has 0 aliphatic rings. The number of hydrogen-bond donors (Lipinski definition) is 2. The first-order valence-corrected chi connectivity index (χ1v) is 6.42. The van der Waals surface area contributed by atoms with Crippen molar-refractivity contribution in [3.8, 4) is 16.9 Å². The number of benzene rings is 2. The number of aryl methyl sites for hydroxylation is 2. The minimum absolute atomic E-state index is 0.605. The Morgan fingerprint density at radius 1 is 0.947 bits per heavy atom. The molecule has 0 amide bonds. The molecule has 0 radical (unpaired) electrons. The summed E-state index contributed by atoms with van der Waals surface area (Å²) in [6.45, 7) is 6.61. The van der Waals surface area contributed by atoms with E-state index in [9.17, 15) is 0 Å². The first-order chi connectivity index (χ1) is 9.02. The molecule has 19 heavy (non-hydrogen) atoms. The predicted octanol–water partition coefficient (Wildman–Crippen LogP) is 3.53. The molecule has 0 atom stereocenters. The molecule has 0 saturated heterocycles. The zero-order chi connectivity index (χ0) is 14.0. The second kappa shape index (κ2) is 5.22. The zero-order valence-electron chi connectivity index (χ0n) is 11.7. The number of ether oxygens (including phenoxy) is 1. The number of rotatable bonds is 3. The Balaban J connectivity index is 2.54. The molecule has 0 bridgehead atoms. The van der Waals surface area contributed by atoms with E-state index >= 15 is 0 Å². The summed E-state index contributed by atoms with van der Waals surface area (Å²) in [4.78, 5) is 0. The second-order valence-corrected chi connectivity index (χ2v) is 4.71. The van der Waals surface area contributed by atoms with Crippen molar-refractivity contribution in [3.63, 3.8) is 0 Å². The van der Waals surface area contributed by atoms with E-state index in [2.05, 4.69) is 6.07 Å². The fraction of sp³-hybridized carbons (Fsp3) is 0.250. The number of hydrogen-bond acceptors (Lipinski definition) is 3. The average Bonchev–Trinajstić information content (AvgIpc) is 2.36. The summed E-state index contributed by atoms with van der Waals surface area (Å²) < 4.78 is 5.56. The molecule has 0 heterocycles. The molecule has 0 aliphatic carbocycles. The van der Waals surface area contributed by atoms with Crippen LogP contribution >= 0.6 is 0 Å². The van der Waals surface area contributed by atoms with E-state index in [1.54, 1.807) is 0 Å². The van der Waals surface area contributed by atoms with E-state index in [1.807, 2.05) is 45.0 Å². The van der Waals surface area contributed by atoms with Crippen molar-refractivity contribution < 1.29 is 4.74 Å². The molecule has 3 heteroatoms. The highest BCUT2D eigenvalue weighted by atomic mass is 16.5. The Bertz CT molecular complexity index is 606. The van der Waals surface area contributed by atoms with Gasteiger partial charge in [-0.2, -0.15) is 0 Å². The minimum atomic E-state index is 0.605.